The minimum absolute atomic E-state index is 0.0216. The summed E-state index contributed by atoms with van der Waals surface area (Å²) in [6, 6.07) is 14.5. The number of carboxylic acid groups (broad SMARTS) is 1. The number of nitrogens with zero attached hydrogens (tertiary/aromatic N) is 2. The van der Waals surface area contributed by atoms with Crippen molar-refractivity contribution in [3.05, 3.63) is 65.5 Å². The SMILES string of the molecule is CC(C)(C)C1CN(Cc2ccc(CCOc3ccc(F)cc3)cc2)CCN1C(=O)O. The summed E-state index contributed by atoms with van der Waals surface area (Å²) in [6.45, 7) is 9.66. The monoisotopic (exact) mass is 414 g/mol. The largest absolute Gasteiger partial charge is 0.493 e. The summed E-state index contributed by atoms with van der Waals surface area (Å²) in [6.07, 6.45) is -0.0529. The van der Waals surface area contributed by atoms with Crippen LogP contribution in [0.25, 0.3) is 0 Å². The van der Waals surface area contributed by atoms with Crippen LogP contribution in [0.2, 0.25) is 0 Å². The van der Waals surface area contributed by atoms with E-state index in [0.717, 1.165) is 26.1 Å². The van der Waals surface area contributed by atoms with Crippen molar-refractivity contribution in [2.45, 2.75) is 39.8 Å². The topological polar surface area (TPSA) is 53.0 Å². The lowest BCUT2D eigenvalue weighted by atomic mass is 9.84. The van der Waals surface area contributed by atoms with Crippen molar-refractivity contribution in [2.75, 3.05) is 26.2 Å². The van der Waals surface area contributed by atoms with E-state index >= 15 is 0 Å². The molecule has 1 unspecified atom stereocenters. The van der Waals surface area contributed by atoms with E-state index in [0.29, 0.717) is 18.9 Å². The number of rotatable bonds is 6. The van der Waals surface area contributed by atoms with Crippen molar-refractivity contribution in [2.24, 2.45) is 5.41 Å². The Labute approximate surface area is 178 Å². The van der Waals surface area contributed by atoms with Crippen molar-refractivity contribution in [1.82, 2.24) is 9.80 Å². The molecule has 0 bridgehead atoms. The maximum absolute atomic E-state index is 12.9. The molecule has 0 saturated carbocycles. The highest BCUT2D eigenvalue weighted by Gasteiger charge is 2.37. The van der Waals surface area contributed by atoms with Gasteiger partial charge in [-0.25, -0.2) is 9.18 Å². The van der Waals surface area contributed by atoms with Crippen LogP contribution in [-0.4, -0.2) is 53.3 Å². The second kappa shape index (κ2) is 9.47. The molecule has 5 nitrogen and oxygen atoms in total. The smallest absolute Gasteiger partial charge is 0.407 e. The predicted octanol–water partition coefficient (Wildman–Crippen LogP) is 4.66. The summed E-state index contributed by atoms with van der Waals surface area (Å²) >= 11 is 0. The van der Waals surface area contributed by atoms with E-state index in [1.165, 1.54) is 23.3 Å². The number of carbonyl (C=O) groups is 1. The van der Waals surface area contributed by atoms with Crippen molar-refractivity contribution >= 4 is 6.09 Å². The van der Waals surface area contributed by atoms with Crippen LogP contribution in [0.4, 0.5) is 9.18 Å². The molecule has 0 aromatic heterocycles. The first-order chi connectivity index (χ1) is 14.2. The molecule has 2 aromatic carbocycles. The first-order valence-corrected chi connectivity index (χ1v) is 10.4. The Morgan fingerprint density at radius 2 is 1.70 bits per heavy atom. The van der Waals surface area contributed by atoms with E-state index in [1.54, 1.807) is 17.0 Å². The fraction of sp³-hybridized carbons (Fsp3) is 0.458. The van der Waals surface area contributed by atoms with Gasteiger partial charge in [0.25, 0.3) is 0 Å². The number of benzene rings is 2. The summed E-state index contributed by atoms with van der Waals surface area (Å²) in [5, 5.41) is 9.51. The second-order valence-electron chi connectivity index (χ2n) is 8.96. The number of halogens is 1. The molecule has 2 aromatic rings. The Morgan fingerprint density at radius 1 is 1.07 bits per heavy atom. The maximum atomic E-state index is 12.9. The molecule has 1 amide bonds. The average molecular weight is 415 g/mol. The normalized spacial score (nSPS) is 17.7. The average Bonchev–Trinajstić information content (AvgIpc) is 2.70. The minimum atomic E-state index is -0.832. The van der Waals surface area contributed by atoms with E-state index < -0.39 is 6.09 Å². The Hall–Kier alpha value is -2.60. The summed E-state index contributed by atoms with van der Waals surface area (Å²) in [5.41, 5.74) is 2.30. The number of piperazine rings is 1. The van der Waals surface area contributed by atoms with Crippen molar-refractivity contribution in [1.29, 1.82) is 0 Å². The van der Waals surface area contributed by atoms with Gasteiger partial charge in [0, 0.05) is 32.6 Å². The predicted molar refractivity (Wildman–Crippen MR) is 115 cm³/mol. The molecule has 1 atom stereocenters. The summed E-state index contributed by atoms with van der Waals surface area (Å²) < 4.78 is 18.6. The molecule has 1 aliphatic heterocycles. The van der Waals surface area contributed by atoms with E-state index in [-0.39, 0.29) is 17.3 Å². The molecule has 0 radical (unpaired) electrons. The fourth-order valence-electron chi connectivity index (χ4n) is 3.84. The molecular weight excluding hydrogens is 383 g/mol. The van der Waals surface area contributed by atoms with Gasteiger partial charge in [-0.2, -0.15) is 0 Å². The van der Waals surface area contributed by atoms with Crippen LogP contribution >= 0.6 is 0 Å². The van der Waals surface area contributed by atoms with E-state index in [2.05, 4.69) is 49.9 Å². The zero-order valence-corrected chi connectivity index (χ0v) is 18.0. The molecule has 1 heterocycles. The van der Waals surface area contributed by atoms with E-state index in [1.807, 2.05) is 0 Å². The highest BCUT2D eigenvalue weighted by Crippen LogP contribution is 2.28. The first kappa shape index (κ1) is 22.1. The third-order valence-corrected chi connectivity index (χ3v) is 5.61. The molecule has 1 saturated heterocycles. The molecule has 0 spiro atoms. The number of hydrogen-bond acceptors (Lipinski definition) is 3. The van der Waals surface area contributed by atoms with Gasteiger partial charge in [-0.1, -0.05) is 45.0 Å². The molecular formula is C24H31FN2O3. The Bertz CT molecular complexity index is 831. The lowest BCUT2D eigenvalue weighted by Crippen LogP contribution is -2.59. The Balaban J connectivity index is 1.51. The standard InChI is InChI=1S/C24H31FN2O3/c1-24(2,3)22-17-26(13-14-27(22)23(28)29)16-19-6-4-18(5-7-19)12-15-30-21-10-8-20(25)9-11-21/h4-11,22H,12-17H2,1-3H3,(H,28,29). The molecule has 162 valence electrons. The van der Waals surface area contributed by atoms with Gasteiger partial charge in [0.05, 0.1) is 12.6 Å². The van der Waals surface area contributed by atoms with Crippen LogP contribution in [0.3, 0.4) is 0 Å². The second-order valence-corrected chi connectivity index (χ2v) is 8.96. The Morgan fingerprint density at radius 3 is 2.30 bits per heavy atom. The highest BCUT2D eigenvalue weighted by atomic mass is 19.1. The molecule has 1 N–H and O–H groups in total. The quantitative estimate of drug-likeness (QED) is 0.747. The van der Waals surface area contributed by atoms with Crippen LogP contribution in [0.1, 0.15) is 31.9 Å². The molecule has 30 heavy (non-hydrogen) atoms. The summed E-state index contributed by atoms with van der Waals surface area (Å²) in [4.78, 5) is 15.5. The number of amides is 1. The zero-order valence-electron chi connectivity index (χ0n) is 18.0. The van der Waals surface area contributed by atoms with E-state index in [4.69, 9.17) is 4.74 Å². The lowest BCUT2D eigenvalue weighted by Gasteiger charge is -2.46. The van der Waals surface area contributed by atoms with Gasteiger partial charge in [0.2, 0.25) is 0 Å². The van der Waals surface area contributed by atoms with Gasteiger partial charge in [-0.3, -0.25) is 4.90 Å². The van der Waals surface area contributed by atoms with Crippen LogP contribution < -0.4 is 4.74 Å². The molecule has 3 rings (SSSR count). The van der Waals surface area contributed by atoms with Crippen molar-refractivity contribution in [3.63, 3.8) is 0 Å². The van der Waals surface area contributed by atoms with Gasteiger partial charge in [-0.15, -0.1) is 0 Å². The number of hydrogen-bond donors (Lipinski definition) is 1. The van der Waals surface area contributed by atoms with Gasteiger partial charge >= 0.3 is 6.09 Å². The molecule has 1 fully saturated rings. The van der Waals surface area contributed by atoms with Crippen LogP contribution in [0.5, 0.6) is 5.75 Å². The third kappa shape index (κ3) is 5.95. The van der Waals surface area contributed by atoms with Gasteiger partial charge in [0.1, 0.15) is 11.6 Å². The maximum Gasteiger partial charge on any atom is 0.407 e. The number of ether oxygens (including phenoxy) is 1. The summed E-state index contributed by atoms with van der Waals surface area (Å²) in [5.74, 6) is 0.401. The molecule has 0 aliphatic carbocycles. The minimum Gasteiger partial charge on any atom is -0.493 e. The van der Waals surface area contributed by atoms with Gasteiger partial charge in [0.15, 0.2) is 0 Å². The van der Waals surface area contributed by atoms with Crippen molar-refractivity contribution < 1.29 is 19.0 Å². The molecule has 6 heteroatoms. The Kier molecular flexibility index (Phi) is 6.98. The van der Waals surface area contributed by atoms with E-state index in [9.17, 15) is 14.3 Å². The highest BCUT2D eigenvalue weighted by molar-refractivity contribution is 5.65. The van der Waals surface area contributed by atoms with Crippen molar-refractivity contribution in [3.8, 4) is 5.75 Å². The molecule has 1 aliphatic rings. The lowest BCUT2D eigenvalue weighted by molar-refractivity contribution is 0.0190. The van der Waals surface area contributed by atoms with Gasteiger partial charge < -0.3 is 14.7 Å². The zero-order chi connectivity index (χ0) is 21.7. The van der Waals surface area contributed by atoms with Crippen LogP contribution in [0.15, 0.2) is 48.5 Å². The first-order valence-electron chi connectivity index (χ1n) is 10.4. The fourth-order valence-corrected chi connectivity index (χ4v) is 3.84. The van der Waals surface area contributed by atoms with Gasteiger partial charge in [-0.05, 0) is 40.8 Å². The summed E-state index contributed by atoms with van der Waals surface area (Å²) in [7, 11) is 0. The van der Waals surface area contributed by atoms with Crippen LogP contribution in [-0.2, 0) is 13.0 Å². The third-order valence-electron chi connectivity index (χ3n) is 5.61. The van der Waals surface area contributed by atoms with Crippen LogP contribution in [0, 0.1) is 11.2 Å².